The molecule has 0 radical (unpaired) electrons. The number of carbonyl (C=O) groups excluding carboxylic acids is 1. The number of para-hydroxylation sites is 1. The Morgan fingerprint density at radius 3 is 2.65 bits per heavy atom. The predicted molar refractivity (Wildman–Crippen MR) is 129 cm³/mol. The largest absolute Gasteiger partial charge is 0.456 e. The first-order chi connectivity index (χ1) is 16.7. The van der Waals surface area contributed by atoms with Crippen LogP contribution in [0.2, 0.25) is 0 Å². The molecule has 0 saturated heterocycles. The Bertz CT molecular complexity index is 1430. The Morgan fingerprint density at radius 2 is 1.85 bits per heavy atom. The number of nitriles is 1. The molecule has 0 atom stereocenters. The number of fused-ring (bicyclic) bond motifs is 1. The number of ether oxygens (including phenoxy) is 1. The van der Waals surface area contributed by atoms with E-state index in [1.807, 2.05) is 60.7 Å². The molecular formula is C26H18N6O2. The molecule has 1 aliphatic heterocycles. The van der Waals surface area contributed by atoms with Crippen molar-refractivity contribution in [2.75, 3.05) is 17.3 Å². The number of hydrogen-bond acceptors (Lipinski definition) is 7. The number of hydrogen-bond donors (Lipinski definition) is 2. The highest BCUT2D eigenvalue weighted by Gasteiger charge is 2.21. The Kier molecular flexibility index (Phi) is 5.65. The van der Waals surface area contributed by atoms with Gasteiger partial charge in [-0.15, -0.1) is 0 Å². The summed E-state index contributed by atoms with van der Waals surface area (Å²) in [4.78, 5) is 25.7. The number of aromatic nitrogens is 2. The highest BCUT2D eigenvalue weighted by Crippen LogP contribution is 2.30. The van der Waals surface area contributed by atoms with E-state index in [4.69, 9.17) is 10.00 Å². The minimum absolute atomic E-state index is 0.277. The molecule has 1 amide bonds. The van der Waals surface area contributed by atoms with Gasteiger partial charge in [-0.25, -0.2) is 4.98 Å². The highest BCUT2D eigenvalue weighted by molar-refractivity contribution is 6.50. The summed E-state index contributed by atoms with van der Waals surface area (Å²) in [5, 5.41) is 14.9. The van der Waals surface area contributed by atoms with Crippen molar-refractivity contribution in [3.63, 3.8) is 0 Å². The molecule has 2 aromatic carbocycles. The number of nitrogens with one attached hydrogen (secondary N) is 2. The number of anilines is 2. The number of carbonyl (C=O) groups is 1. The molecule has 0 spiro atoms. The number of amides is 1. The topological polar surface area (TPSA) is 112 Å². The lowest BCUT2D eigenvalue weighted by atomic mass is 9.98. The standard InChI is InChI=1S/C26H18N6O2/c27-12-19-7-8-20(14-29-19)32-26(33)25-23-11-17(6-9-24(23)30-16-31-25)18-10-22(15-28-13-18)34-21-4-2-1-3-5-21/h1-11,13-15,30H,16H2,(H,32,33). The van der Waals surface area contributed by atoms with Crippen LogP contribution in [-0.2, 0) is 4.79 Å². The van der Waals surface area contributed by atoms with Gasteiger partial charge in [-0.05, 0) is 48.0 Å². The van der Waals surface area contributed by atoms with Gasteiger partial charge in [-0.2, -0.15) is 5.26 Å². The lowest BCUT2D eigenvalue weighted by Gasteiger charge is -2.19. The van der Waals surface area contributed by atoms with Crippen LogP contribution in [0.3, 0.4) is 0 Å². The maximum atomic E-state index is 13.0. The summed E-state index contributed by atoms with van der Waals surface area (Å²) in [5.41, 5.74) is 4.28. The van der Waals surface area contributed by atoms with Crippen LogP contribution in [0.4, 0.5) is 11.4 Å². The van der Waals surface area contributed by atoms with Gasteiger partial charge in [0.1, 0.15) is 35.6 Å². The number of benzene rings is 2. The smallest absolute Gasteiger partial charge is 0.274 e. The first-order valence-corrected chi connectivity index (χ1v) is 10.5. The third-order valence-electron chi connectivity index (χ3n) is 5.16. The SMILES string of the molecule is N#Cc1ccc(NC(=O)C2=NCNc3ccc(-c4cncc(Oc5ccccc5)c4)cc32)cn1. The number of nitrogens with zero attached hydrogens (tertiary/aromatic N) is 4. The molecule has 5 rings (SSSR count). The quantitative estimate of drug-likeness (QED) is 0.463. The lowest BCUT2D eigenvalue weighted by Crippen LogP contribution is -2.28. The van der Waals surface area contributed by atoms with Crippen LogP contribution in [0.15, 0.2) is 90.3 Å². The summed E-state index contributed by atoms with van der Waals surface area (Å²) in [7, 11) is 0. The monoisotopic (exact) mass is 446 g/mol. The molecule has 0 bridgehead atoms. The Hall–Kier alpha value is -5.03. The first kappa shape index (κ1) is 20.8. The van der Waals surface area contributed by atoms with Crippen LogP contribution < -0.4 is 15.4 Å². The van der Waals surface area contributed by atoms with Gasteiger partial charge >= 0.3 is 0 Å². The van der Waals surface area contributed by atoms with Gasteiger partial charge in [0.25, 0.3) is 5.91 Å². The summed E-state index contributed by atoms with van der Waals surface area (Å²) in [6, 6.07) is 22.3. The van der Waals surface area contributed by atoms with Gasteiger partial charge in [0.05, 0.1) is 18.1 Å². The van der Waals surface area contributed by atoms with E-state index in [2.05, 4.69) is 25.6 Å². The summed E-state index contributed by atoms with van der Waals surface area (Å²) in [6.07, 6.45) is 4.84. The van der Waals surface area contributed by atoms with E-state index < -0.39 is 0 Å². The summed E-state index contributed by atoms with van der Waals surface area (Å²) < 4.78 is 5.91. The number of pyridine rings is 2. The van der Waals surface area contributed by atoms with Crippen molar-refractivity contribution in [1.82, 2.24) is 9.97 Å². The average molecular weight is 446 g/mol. The fraction of sp³-hybridized carbons (Fsp3) is 0.0385. The second-order valence-corrected chi connectivity index (χ2v) is 7.42. The maximum absolute atomic E-state index is 13.0. The van der Waals surface area contributed by atoms with Crippen LogP contribution in [0.5, 0.6) is 11.5 Å². The first-order valence-electron chi connectivity index (χ1n) is 10.5. The molecule has 34 heavy (non-hydrogen) atoms. The summed E-state index contributed by atoms with van der Waals surface area (Å²) >= 11 is 0. The molecule has 4 aromatic rings. The Balaban J connectivity index is 1.41. The van der Waals surface area contributed by atoms with E-state index in [0.29, 0.717) is 29.4 Å². The van der Waals surface area contributed by atoms with Crippen molar-refractivity contribution < 1.29 is 9.53 Å². The van der Waals surface area contributed by atoms with Crippen molar-refractivity contribution >= 4 is 23.0 Å². The number of aliphatic imine (C=N–C) groups is 1. The lowest BCUT2D eigenvalue weighted by molar-refractivity contribution is -0.110. The third kappa shape index (κ3) is 4.45. The van der Waals surface area contributed by atoms with Gasteiger partial charge in [0, 0.05) is 23.0 Å². The van der Waals surface area contributed by atoms with Gasteiger partial charge in [0.2, 0.25) is 0 Å². The van der Waals surface area contributed by atoms with E-state index in [-0.39, 0.29) is 11.6 Å². The predicted octanol–water partition coefficient (Wildman–Crippen LogP) is 4.62. The van der Waals surface area contributed by atoms with Gasteiger partial charge in [-0.1, -0.05) is 24.3 Å². The van der Waals surface area contributed by atoms with Crippen LogP contribution in [0, 0.1) is 11.3 Å². The minimum Gasteiger partial charge on any atom is -0.456 e. The average Bonchev–Trinajstić information content (AvgIpc) is 2.89. The molecule has 8 heteroatoms. The maximum Gasteiger partial charge on any atom is 0.274 e. The van der Waals surface area contributed by atoms with E-state index in [0.717, 1.165) is 22.6 Å². The highest BCUT2D eigenvalue weighted by atomic mass is 16.5. The molecule has 0 saturated carbocycles. The molecule has 0 fully saturated rings. The van der Waals surface area contributed by atoms with Gasteiger partial charge < -0.3 is 15.4 Å². The van der Waals surface area contributed by atoms with Gasteiger partial charge in [0.15, 0.2) is 0 Å². The fourth-order valence-electron chi connectivity index (χ4n) is 3.54. The summed E-state index contributed by atoms with van der Waals surface area (Å²) in [6.45, 7) is 0.294. The normalized spacial score (nSPS) is 11.9. The van der Waals surface area contributed by atoms with Crippen molar-refractivity contribution in [1.29, 1.82) is 5.26 Å². The molecule has 1 aliphatic rings. The number of rotatable bonds is 5. The second kappa shape index (κ2) is 9.22. The molecule has 0 aliphatic carbocycles. The molecule has 2 aromatic heterocycles. The van der Waals surface area contributed by atoms with E-state index >= 15 is 0 Å². The van der Waals surface area contributed by atoms with Crippen molar-refractivity contribution in [2.24, 2.45) is 4.99 Å². The molecular weight excluding hydrogens is 428 g/mol. The fourth-order valence-corrected chi connectivity index (χ4v) is 3.54. The molecule has 2 N–H and O–H groups in total. The van der Waals surface area contributed by atoms with E-state index in [1.165, 1.54) is 6.20 Å². The Labute approximate surface area is 195 Å². The zero-order valence-electron chi connectivity index (χ0n) is 17.9. The molecule has 8 nitrogen and oxygen atoms in total. The molecule has 3 heterocycles. The zero-order chi connectivity index (χ0) is 23.3. The third-order valence-corrected chi connectivity index (χ3v) is 5.16. The van der Waals surface area contributed by atoms with E-state index in [9.17, 15) is 4.79 Å². The van der Waals surface area contributed by atoms with E-state index in [1.54, 1.807) is 24.5 Å². The molecule has 0 unspecified atom stereocenters. The van der Waals surface area contributed by atoms with Crippen molar-refractivity contribution in [2.45, 2.75) is 0 Å². The molecule has 164 valence electrons. The summed E-state index contributed by atoms with van der Waals surface area (Å²) in [5.74, 6) is 0.977. The van der Waals surface area contributed by atoms with Gasteiger partial charge in [-0.3, -0.25) is 14.8 Å². The van der Waals surface area contributed by atoms with Crippen molar-refractivity contribution in [3.05, 3.63) is 96.6 Å². The van der Waals surface area contributed by atoms with Crippen LogP contribution in [0.1, 0.15) is 11.3 Å². The zero-order valence-corrected chi connectivity index (χ0v) is 17.9. The van der Waals surface area contributed by atoms with Crippen LogP contribution >= 0.6 is 0 Å². The Morgan fingerprint density at radius 1 is 0.971 bits per heavy atom. The van der Waals surface area contributed by atoms with Crippen LogP contribution in [-0.4, -0.2) is 28.3 Å². The second-order valence-electron chi connectivity index (χ2n) is 7.42. The minimum atomic E-state index is -0.356. The van der Waals surface area contributed by atoms with Crippen LogP contribution in [0.25, 0.3) is 11.1 Å². The van der Waals surface area contributed by atoms with Crippen molar-refractivity contribution in [3.8, 4) is 28.7 Å².